The van der Waals surface area contributed by atoms with Gasteiger partial charge in [0.1, 0.15) is 6.61 Å². The summed E-state index contributed by atoms with van der Waals surface area (Å²) in [4.78, 5) is 12.1. The minimum Gasteiger partial charge on any atom is -0.384 e. The van der Waals surface area contributed by atoms with Gasteiger partial charge in [0, 0.05) is 11.5 Å². The Morgan fingerprint density at radius 3 is 2.89 bits per heavy atom. The molecule has 1 aromatic rings. The summed E-state index contributed by atoms with van der Waals surface area (Å²) < 4.78 is 0. The number of aryl methyl sites for hydroxylation is 1. The van der Waals surface area contributed by atoms with Crippen LogP contribution in [0.2, 0.25) is 0 Å². The van der Waals surface area contributed by atoms with Gasteiger partial charge in [-0.2, -0.15) is 0 Å². The van der Waals surface area contributed by atoms with E-state index in [9.17, 15) is 4.79 Å². The average molecular weight is 257 g/mol. The molecule has 0 saturated heterocycles. The van der Waals surface area contributed by atoms with E-state index in [1.807, 2.05) is 32.0 Å². The standard InChI is InChI=1S/C16H19NO2/c1-11-5-6-14(4-3-9-18)15(10-11)17-16(19)12(2)13-7-8-13/h5-6,10,12-13,18H,7-9H2,1-2H3,(H,17,19). The second-order valence-corrected chi connectivity index (χ2v) is 5.12. The lowest BCUT2D eigenvalue weighted by Crippen LogP contribution is -2.22. The van der Waals surface area contributed by atoms with Crippen molar-refractivity contribution in [1.29, 1.82) is 0 Å². The lowest BCUT2D eigenvalue weighted by Gasteiger charge is -2.13. The third-order valence-corrected chi connectivity index (χ3v) is 3.48. The molecule has 1 aliphatic carbocycles. The molecule has 2 N–H and O–H groups in total. The zero-order chi connectivity index (χ0) is 13.8. The van der Waals surface area contributed by atoms with E-state index in [4.69, 9.17) is 5.11 Å². The molecular weight excluding hydrogens is 238 g/mol. The van der Waals surface area contributed by atoms with Crippen LogP contribution in [0.3, 0.4) is 0 Å². The third kappa shape index (κ3) is 3.59. The number of rotatable bonds is 3. The molecule has 1 aromatic carbocycles. The van der Waals surface area contributed by atoms with Crippen LogP contribution in [-0.4, -0.2) is 17.6 Å². The highest BCUT2D eigenvalue weighted by Crippen LogP contribution is 2.37. The summed E-state index contributed by atoms with van der Waals surface area (Å²) in [5, 5.41) is 11.7. The molecule has 1 fully saturated rings. The molecule has 2 rings (SSSR count). The summed E-state index contributed by atoms with van der Waals surface area (Å²) in [7, 11) is 0. The molecule has 3 nitrogen and oxygen atoms in total. The van der Waals surface area contributed by atoms with Crippen LogP contribution in [0.4, 0.5) is 5.69 Å². The van der Waals surface area contributed by atoms with Crippen molar-refractivity contribution in [1.82, 2.24) is 0 Å². The highest BCUT2D eigenvalue weighted by Gasteiger charge is 2.32. The Morgan fingerprint density at radius 2 is 2.26 bits per heavy atom. The normalized spacial score (nSPS) is 15.3. The Hall–Kier alpha value is -1.79. The fourth-order valence-corrected chi connectivity index (χ4v) is 2.06. The minimum atomic E-state index is -0.181. The number of hydrogen-bond donors (Lipinski definition) is 2. The first-order chi connectivity index (χ1) is 9.11. The minimum absolute atomic E-state index is 0.0548. The maximum absolute atomic E-state index is 12.1. The number of benzene rings is 1. The van der Waals surface area contributed by atoms with Gasteiger partial charge in [-0.25, -0.2) is 0 Å². The van der Waals surface area contributed by atoms with Crippen LogP contribution in [0.15, 0.2) is 18.2 Å². The van der Waals surface area contributed by atoms with Gasteiger partial charge in [0.05, 0.1) is 5.69 Å². The number of aliphatic hydroxyl groups excluding tert-OH is 1. The Balaban J connectivity index is 2.17. The van der Waals surface area contributed by atoms with Crippen molar-refractivity contribution in [3.8, 4) is 11.8 Å². The molecule has 3 heteroatoms. The van der Waals surface area contributed by atoms with Crippen LogP contribution >= 0.6 is 0 Å². The highest BCUT2D eigenvalue weighted by atomic mass is 16.2. The van der Waals surface area contributed by atoms with Crippen molar-refractivity contribution in [2.45, 2.75) is 26.7 Å². The molecule has 1 unspecified atom stereocenters. The van der Waals surface area contributed by atoms with E-state index in [0.717, 1.165) is 29.7 Å². The quantitative estimate of drug-likeness (QED) is 0.816. The van der Waals surface area contributed by atoms with E-state index in [0.29, 0.717) is 5.92 Å². The molecule has 1 aliphatic rings. The molecule has 0 spiro atoms. The van der Waals surface area contributed by atoms with E-state index in [-0.39, 0.29) is 18.4 Å². The largest absolute Gasteiger partial charge is 0.384 e. The van der Waals surface area contributed by atoms with E-state index >= 15 is 0 Å². The van der Waals surface area contributed by atoms with Crippen molar-refractivity contribution in [2.75, 3.05) is 11.9 Å². The Kier molecular flexibility index (Phi) is 4.24. The first kappa shape index (κ1) is 13.6. The lowest BCUT2D eigenvalue weighted by atomic mass is 10.0. The summed E-state index contributed by atoms with van der Waals surface area (Å²) in [5.41, 5.74) is 2.55. The van der Waals surface area contributed by atoms with Crippen LogP contribution < -0.4 is 5.32 Å². The summed E-state index contributed by atoms with van der Waals surface area (Å²) in [6, 6.07) is 5.73. The van der Waals surface area contributed by atoms with E-state index < -0.39 is 0 Å². The van der Waals surface area contributed by atoms with Gasteiger partial charge >= 0.3 is 0 Å². The Labute approximate surface area is 114 Å². The first-order valence-electron chi connectivity index (χ1n) is 6.63. The Bertz CT molecular complexity index is 535. The molecule has 1 saturated carbocycles. The van der Waals surface area contributed by atoms with Gasteiger partial charge in [-0.1, -0.05) is 24.8 Å². The molecule has 0 heterocycles. The number of hydrogen-bond acceptors (Lipinski definition) is 2. The second kappa shape index (κ2) is 5.90. The SMILES string of the molecule is Cc1ccc(C#CCO)c(NC(=O)C(C)C2CC2)c1. The molecular formula is C16H19NO2. The molecule has 19 heavy (non-hydrogen) atoms. The van der Waals surface area contributed by atoms with Gasteiger partial charge < -0.3 is 10.4 Å². The van der Waals surface area contributed by atoms with Crippen molar-refractivity contribution in [3.63, 3.8) is 0 Å². The first-order valence-corrected chi connectivity index (χ1v) is 6.63. The van der Waals surface area contributed by atoms with Gasteiger partial charge in [0.2, 0.25) is 5.91 Å². The van der Waals surface area contributed by atoms with E-state index in [2.05, 4.69) is 17.2 Å². The summed E-state index contributed by atoms with van der Waals surface area (Å²) >= 11 is 0. The molecule has 1 atom stereocenters. The maximum Gasteiger partial charge on any atom is 0.227 e. The maximum atomic E-state index is 12.1. The van der Waals surface area contributed by atoms with Crippen LogP contribution in [0.25, 0.3) is 0 Å². The fourth-order valence-electron chi connectivity index (χ4n) is 2.06. The average Bonchev–Trinajstić information content (AvgIpc) is 3.21. The van der Waals surface area contributed by atoms with Crippen LogP contribution in [-0.2, 0) is 4.79 Å². The zero-order valence-corrected chi connectivity index (χ0v) is 11.4. The number of amides is 1. The van der Waals surface area contributed by atoms with Crippen LogP contribution in [0.1, 0.15) is 30.9 Å². The Morgan fingerprint density at radius 1 is 1.53 bits per heavy atom. The van der Waals surface area contributed by atoms with Gasteiger partial charge in [0.25, 0.3) is 0 Å². The molecule has 1 amide bonds. The van der Waals surface area contributed by atoms with E-state index in [1.165, 1.54) is 0 Å². The second-order valence-electron chi connectivity index (χ2n) is 5.12. The smallest absolute Gasteiger partial charge is 0.227 e. The van der Waals surface area contributed by atoms with Crippen molar-refractivity contribution in [3.05, 3.63) is 29.3 Å². The van der Waals surface area contributed by atoms with Gasteiger partial charge in [-0.05, 0) is 43.4 Å². The topological polar surface area (TPSA) is 49.3 Å². The van der Waals surface area contributed by atoms with Crippen molar-refractivity contribution >= 4 is 11.6 Å². The number of carbonyl (C=O) groups is 1. The molecule has 0 aromatic heterocycles. The highest BCUT2D eigenvalue weighted by molar-refractivity contribution is 5.94. The molecule has 0 radical (unpaired) electrons. The number of anilines is 1. The lowest BCUT2D eigenvalue weighted by molar-refractivity contribution is -0.119. The van der Waals surface area contributed by atoms with Crippen LogP contribution in [0.5, 0.6) is 0 Å². The van der Waals surface area contributed by atoms with Crippen molar-refractivity contribution < 1.29 is 9.90 Å². The van der Waals surface area contributed by atoms with Crippen LogP contribution in [0, 0.1) is 30.6 Å². The summed E-state index contributed by atoms with van der Waals surface area (Å²) in [6.07, 6.45) is 2.30. The monoisotopic (exact) mass is 257 g/mol. The van der Waals surface area contributed by atoms with Gasteiger partial charge in [-0.15, -0.1) is 0 Å². The number of nitrogens with one attached hydrogen (secondary N) is 1. The fraction of sp³-hybridized carbons (Fsp3) is 0.438. The summed E-state index contributed by atoms with van der Waals surface area (Å²) in [6.45, 7) is 3.77. The predicted molar refractivity (Wildman–Crippen MR) is 75.7 cm³/mol. The van der Waals surface area contributed by atoms with E-state index in [1.54, 1.807) is 0 Å². The van der Waals surface area contributed by atoms with Gasteiger partial charge in [-0.3, -0.25) is 4.79 Å². The molecule has 100 valence electrons. The summed E-state index contributed by atoms with van der Waals surface area (Å²) in [5.74, 6) is 6.13. The zero-order valence-electron chi connectivity index (χ0n) is 11.4. The third-order valence-electron chi connectivity index (χ3n) is 3.48. The number of carbonyl (C=O) groups excluding carboxylic acids is 1. The molecule has 0 aliphatic heterocycles. The van der Waals surface area contributed by atoms with Crippen molar-refractivity contribution in [2.24, 2.45) is 11.8 Å². The van der Waals surface area contributed by atoms with Gasteiger partial charge in [0.15, 0.2) is 0 Å². The number of aliphatic hydroxyl groups is 1. The molecule has 0 bridgehead atoms. The predicted octanol–water partition coefficient (Wildman–Crippen LogP) is 2.32.